The summed E-state index contributed by atoms with van der Waals surface area (Å²) >= 11 is 0. The summed E-state index contributed by atoms with van der Waals surface area (Å²) in [5.41, 5.74) is -0.0877. The predicted octanol–water partition coefficient (Wildman–Crippen LogP) is 4.68. The molecule has 0 unspecified atom stereocenters. The van der Waals surface area contributed by atoms with E-state index in [1.165, 1.54) is 22.8 Å². The number of aromatic nitrogens is 1. The third-order valence-electron chi connectivity index (χ3n) is 4.69. The van der Waals surface area contributed by atoms with Gasteiger partial charge >= 0.3 is 0 Å². The quantitative estimate of drug-likeness (QED) is 0.583. The molecule has 3 rings (SSSR count). The zero-order valence-corrected chi connectivity index (χ0v) is 15.7. The van der Waals surface area contributed by atoms with Crippen LogP contribution in [-0.4, -0.2) is 15.6 Å². The standard InChI is InChI=1S/C22H23FN2O3/c1-2-3-4-7-13-25-18-12-6-5-11-17(18)20(26)19(22(25)28)21(27)24-16-10-8-9-15(23)14-16/h5-6,8-12,14,26H,2-4,7,13H2,1H3,(H,24,27). The van der Waals surface area contributed by atoms with Crippen molar-refractivity contribution in [3.63, 3.8) is 0 Å². The first kappa shape index (κ1) is 19.6. The van der Waals surface area contributed by atoms with Crippen molar-refractivity contribution in [1.29, 1.82) is 0 Å². The topological polar surface area (TPSA) is 71.3 Å². The first-order chi connectivity index (χ1) is 13.5. The highest BCUT2D eigenvalue weighted by Gasteiger charge is 2.22. The molecule has 0 atom stereocenters. The molecule has 28 heavy (non-hydrogen) atoms. The molecule has 2 aromatic carbocycles. The molecule has 0 radical (unpaired) electrons. The van der Waals surface area contributed by atoms with Crippen LogP contribution in [0.25, 0.3) is 10.9 Å². The van der Waals surface area contributed by atoms with Gasteiger partial charge in [0.25, 0.3) is 11.5 Å². The number of para-hydroxylation sites is 1. The number of fused-ring (bicyclic) bond motifs is 1. The Bertz CT molecular complexity index is 1060. The second-order valence-electron chi connectivity index (χ2n) is 6.72. The van der Waals surface area contributed by atoms with E-state index in [1.807, 2.05) is 0 Å². The number of amides is 1. The number of carbonyl (C=O) groups is 1. The van der Waals surface area contributed by atoms with Crippen LogP contribution in [0.2, 0.25) is 0 Å². The molecule has 6 heteroatoms. The van der Waals surface area contributed by atoms with E-state index in [0.717, 1.165) is 31.7 Å². The van der Waals surface area contributed by atoms with Crippen LogP contribution in [0, 0.1) is 5.82 Å². The molecule has 2 N–H and O–H groups in total. The van der Waals surface area contributed by atoms with Gasteiger partial charge in [-0.3, -0.25) is 9.59 Å². The number of halogens is 1. The molecule has 1 amide bonds. The third kappa shape index (κ3) is 4.06. The van der Waals surface area contributed by atoms with Gasteiger partial charge in [0.1, 0.15) is 17.1 Å². The maximum atomic E-state index is 13.4. The van der Waals surface area contributed by atoms with Crippen molar-refractivity contribution >= 4 is 22.5 Å². The number of nitrogens with one attached hydrogen (secondary N) is 1. The fourth-order valence-electron chi connectivity index (χ4n) is 3.27. The van der Waals surface area contributed by atoms with Crippen LogP contribution in [-0.2, 0) is 6.54 Å². The SMILES string of the molecule is CCCCCCn1c(=O)c(C(=O)Nc2cccc(F)c2)c(O)c2ccccc21. The van der Waals surface area contributed by atoms with Crippen LogP contribution in [0.3, 0.4) is 0 Å². The van der Waals surface area contributed by atoms with E-state index in [0.29, 0.717) is 17.4 Å². The van der Waals surface area contributed by atoms with Crippen molar-refractivity contribution in [1.82, 2.24) is 4.57 Å². The zero-order valence-electron chi connectivity index (χ0n) is 15.7. The maximum Gasteiger partial charge on any atom is 0.267 e. The highest BCUT2D eigenvalue weighted by molar-refractivity contribution is 6.09. The van der Waals surface area contributed by atoms with Crippen molar-refractivity contribution in [2.24, 2.45) is 0 Å². The van der Waals surface area contributed by atoms with Gasteiger partial charge in [0.05, 0.1) is 5.52 Å². The van der Waals surface area contributed by atoms with E-state index in [2.05, 4.69) is 12.2 Å². The number of anilines is 1. The number of benzene rings is 2. The molecule has 1 aromatic heterocycles. The molecule has 0 saturated carbocycles. The fourth-order valence-corrected chi connectivity index (χ4v) is 3.27. The van der Waals surface area contributed by atoms with Crippen LogP contribution in [0.5, 0.6) is 5.75 Å². The van der Waals surface area contributed by atoms with Crippen molar-refractivity contribution in [2.75, 3.05) is 5.32 Å². The summed E-state index contributed by atoms with van der Waals surface area (Å²) in [4.78, 5) is 25.8. The lowest BCUT2D eigenvalue weighted by atomic mass is 10.1. The van der Waals surface area contributed by atoms with Crippen LogP contribution in [0.4, 0.5) is 10.1 Å². The van der Waals surface area contributed by atoms with E-state index in [9.17, 15) is 19.1 Å². The van der Waals surface area contributed by atoms with Gasteiger partial charge in [-0.25, -0.2) is 4.39 Å². The average molecular weight is 382 g/mol. The molecule has 0 spiro atoms. The molecule has 0 fully saturated rings. The predicted molar refractivity (Wildman–Crippen MR) is 108 cm³/mol. The van der Waals surface area contributed by atoms with Gasteiger partial charge in [-0.05, 0) is 36.8 Å². The van der Waals surface area contributed by atoms with Crippen LogP contribution in [0.15, 0.2) is 53.3 Å². The number of rotatable bonds is 7. The van der Waals surface area contributed by atoms with E-state index < -0.39 is 17.3 Å². The summed E-state index contributed by atoms with van der Waals surface area (Å²) in [5.74, 6) is -1.63. The number of pyridine rings is 1. The molecular formula is C22H23FN2O3. The van der Waals surface area contributed by atoms with E-state index in [1.54, 1.807) is 24.3 Å². The minimum atomic E-state index is -0.763. The molecule has 0 bridgehead atoms. The largest absolute Gasteiger partial charge is 0.506 e. The number of aryl methyl sites for hydroxylation is 1. The second kappa shape index (κ2) is 8.69. The Kier molecular flexibility index (Phi) is 6.09. The molecule has 0 aliphatic carbocycles. The van der Waals surface area contributed by atoms with Crippen molar-refractivity contribution in [2.45, 2.75) is 39.2 Å². The van der Waals surface area contributed by atoms with Gasteiger partial charge in [0.2, 0.25) is 0 Å². The van der Waals surface area contributed by atoms with Crippen molar-refractivity contribution < 1.29 is 14.3 Å². The van der Waals surface area contributed by atoms with Crippen LogP contribution in [0.1, 0.15) is 43.0 Å². The molecule has 1 heterocycles. The Hall–Kier alpha value is -3.15. The van der Waals surface area contributed by atoms with Crippen LogP contribution >= 0.6 is 0 Å². The summed E-state index contributed by atoms with van der Waals surface area (Å²) < 4.78 is 14.9. The monoisotopic (exact) mass is 382 g/mol. The van der Waals surface area contributed by atoms with Gasteiger partial charge in [-0.1, -0.05) is 44.4 Å². The zero-order chi connectivity index (χ0) is 20.1. The summed E-state index contributed by atoms with van der Waals surface area (Å²) in [6.45, 7) is 2.57. The number of hydrogen-bond acceptors (Lipinski definition) is 3. The molecule has 0 saturated heterocycles. The number of nitrogens with zero attached hydrogens (tertiary/aromatic N) is 1. The van der Waals surface area contributed by atoms with Crippen molar-refractivity contribution in [3.05, 3.63) is 70.3 Å². The normalized spacial score (nSPS) is 10.9. The van der Waals surface area contributed by atoms with Crippen LogP contribution < -0.4 is 10.9 Å². The molecule has 3 aromatic rings. The first-order valence-electron chi connectivity index (χ1n) is 9.44. The molecule has 0 aliphatic heterocycles. The molecule has 0 aliphatic rings. The Balaban J connectivity index is 2.03. The van der Waals surface area contributed by atoms with Gasteiger partial charge in [-0.15, -0.1) is 0 Å². The lowest BCUT2D eigenvalue weighted by Crippen LogP contribution is -2.30. The fraction of sp³-hybridized carbons (Fsp3) is 0.273. The van der Waals surface area contributed by atoms with E-state index >= 15 is 0 Å². The van der Waals surface area contributed by atoms with E-state index in [4.69, 9.17) is 0 Å². The van der Waals surface area contributed by atoms with Gasteiger partial charge in [-0.2, -0.15) is 0 Å². The second-order valence-corrected chi connectivity index (χ2v) is 6.72. The lowest BCUT2D eigenvalue weighted by molar-refractivity contribution is 0.102. The van der Waals surface area contributed by atoms with Gasteiger partial charge in [0, 0.05) is 17.6 Å². The highest BCUT2D eigenvalue weighted by Crippen LogP contribution is 2.27. The Morgan fingerprint density at radius 1 is 1.11 bits per heavy atom. The molecule has 5 nitrogen and oxygen atoms in total. The lowest BCUT2D eigenvalue weighted by Gasteiger charge is -2.15. The maximum absolute atomic E-state index is 13.4. The summed E-state index contributed by atoms with van der Waals surface area (Å²) in [6, 6.07) is 12.3. The highest BCUT2D eigenvalue weighted by atomic mass is 19.1. The Labute approximate surface area is 162 Å². The number of hydrogen-bond donors (Lipinski definition) is 2. The Morgan fingerprint density at radius 3 is 2.64 bits per heavy atom. The summed E-state index contributed by atoms with van der Waals surface area (Å²) in [6.07, 6.45) is 3.92. The number of unbranched alkanes of at least 4 members (excludes halogenated alkanes) is 3. The van der Waals surface area contributed by atoms with Gasteiger partial charge in [0.15, 0.2) is 0 Å². The van der Waals surface area contributed by atoms with Crippen molar-refractivity contribution in [3.8, 4) is 5.75 Å². The third-order valence-corrected chi connectivity index (χ3v) is 4.69. The van der Waals surface area contributed by atoms with Gasteiger partial charge < -0.3 is 15.0 Å². The first-order valence-corrected chi connectivity index (χ1v) is 9.44. The average Bonchev–Trinajstić information content (AvgIpc) is 2.67. The smallest absolute Gasteiger partial charge is 0.267 e. The summed E-state index contributed by atoms with van der Waals surface area (Å²) in [5, 5.41) is 13.5. The Morgan fingerprint density at radius 2 is 1.89 bits per heavy atom. The molecular weight excluding hydrogens is 359 g/mol. The summed E-state index contributed by atoms with van der Waals surface area (Å²) in [7, 11) is 0. The number of aromatic hydroxyl groups is 1. The molecule has 146 valence electrons. The minimum Gasteiger partial charge on any atom is -0.506 e. The van der Waals surface area contributed by atoms with E-state index in [-0.39, 0.29) is 17.0 Å². The minimum absolute atomic E-state index is 0.214. The number of carbonyl (C=O) groups excluding carboxylic acids is 1.